The Morgan fingerprint density at radius 2 is 2.05 bits per heavy atom. The molecule has 0 aromatic heterocycles. The Balaban J connectivity index is 2.90. The molecule has 0 saturated heterocycles. The highest BCUT2D eigenvalue weighted by Crippen LogP contribution is 2.25. The highest BCUT2D eigenvalue weighted by molar-refractivity contribution is 5.95. The molecule has 0 aliphatic heterocycles. The third kappa shape index (κ3) is 4.38. The van der Waals surface area contributed by atoms with Crippen molar-refractivity contribution in [2.75, 3.05) is 25.6 Å². The molecule has 1 atom stereocenters. The number of rotatable bonds is 7. The highest BCUT2D eigenvalue weighted by atomic mass is 19.1. The maximum Gasteiger partial charge on any atom is 0.340 e. The summed E-state index contributed by atoms with van der Waals surface area (Å²) in [6, 6.07) is 2.31. The van der Waals surface area contributed by atoms with Gasteiger partial charge in [0.2, 0.25) is 0 Å². The minimum Gasteiger partial charge on any atom is -0.485 e. The number of carbonyl (C=O) groups is 1. The number of hydrogen-bond acceptors (Lipinski definition) is 5. The van der Waals surface area contributed by atoms with E-state index < -0.39 is 11.8 Å². The van der Waals surface area contributed by atoms with Crippen molar-refractivity contribution in [1.82, 2.24) is 0 Å². The van der Waals surface area contributed by atoms with E-state index in [9.17, 15) is 9.18 Å². The van der Waals surface area contributed by atoms with E-state index in [1.807, 2.05) is 6.92 Å². The van der Waals surface area contributed by atoms with Gasteiger partial charge in [0.25, 0.3) is 0 Å². The smallest absolute Gasteiger partial charge is 0.340 e. The van der Waals surface area contributed by atoms with Crippen LogP contribution < -0.4 is 10.5 Å². The molecule has 0 radical (unpaired) electrons. The quantitative estimate of drug-likeness (QED) is 0.615. The van der Waals surface area contributed by atoms with Crippen molar-refractivity contribution < 1.29 is 23.4 Å². The van der Waals surface area contributed by atoms with Gasteiger partial charge in [0, 0.05) is 18.4 Å². The lowest BCUT2D eigenvalue weighted by Gasteiger charge is -2.16. The lowest BCUT2D eigenvalue weighted by Crippen LogP contribution is -2.20. The molecule has 1 rings (SSSR count). The van der Waals surface area contributed by atoms with E-state index in [0.29, 0.717) is 13.2 Å². The Kier molecular flexibility index (Phi) is 6.24. The van der Waals surface area contributed by atoms with Gasteiger partial charge in [-0.05, 0) is 26.8 Å². The zero-order chi connectivity index (χ0) is 15.1. The Labute approximate surface area is 117 Å². The van der Waals surface area contributed by atoms with Gasteiger partial charge in [0.05, 0.1) is 18.8 Å². The summed E-state index contributed by atoms with van der Waals surface area (Å²) >= 11 is 0. The van der Waals surface area contributed by atoms with Crippen LogP contribution in [0.15, 0.2) is 12.1 Å². The number of benzene rings is 1. The first-order chi connectivity index (χ1) is 9.49. The van der Waals surface area contributed by atoms with E-state index in [1.165, 1.54) is 6.07 Å². The Bertz CT molecular complexity index is 465. The maximum absolute atomic E-state index is 13.8. The molecule has 0 fully saturated rings. The summed E-state index contributed by atoms with van der Waals surface area (Å²) in [6.07, 6.45) is -0.344. The molecule has 112 valence electrons. The molecule has 0 heterocycles. The molecule has 5 nitrogen and oxygen atoms in total. The van der Waals surface area contributed by atoms with Gasteiger partial charge in [-0.3, -0.25) is 0 Å². The Morgan fingerprint density at radius 3 is 2.65 bits per heavy atom. The fourth-order valence-corrected chi connectivity index (χ4v) is 1.58. The van der Waals surface area contributed by atoms with Crippen LogP contribution in [0.2, 0.25) is 0 Å². The average Bonchev–Trinajstić information content (AvgIpc) is 2.39. The molecule has 0 spiro atoms. The summed E-state index contributed by atoms with van der Waals surface area (Å²) in [5, 5.41) is 0. The van der Waals surface area contributed by atoms with Crippen molar-refractivity contribution in [2.24, 2.45) is 0 Å². The molecule has 0 amide bonds. The lowest BCUT2D eigenvalue weighted by atomic mass is 10.1. The number of halogens is 1. The van der Waals surface area contributed by atoms with Gasteiger partial charge >= 0.3 is 5.97 Å². The molecule has 0 bridgehead atoms. The van der Waals surface area contributed by atoms with Crippen LogP contribution in [0.5, 0.6) is 5.75 Å². The highest BCUT2D eigenvalue weighted by Gasteiger charge is 2.17. The molecule has 1 aromatic rings. The fourth-order valence-electron chi connectivity index (χ4n) is 1.58. The average molecular weight is 285 g/mol. The van der Waals surface area contributed by atoms with Crippen LogP contribution in [0.25, 0.3) is 0 Å². The van der Waals surface area contributed by atoms with E-state index in [-0.39, 0.29) is 29.7 Å². The molecular formula is C14H20FNO4. The van der Waals surface area contributed by atoms with E-state index in [1.54, 1.807) is 13.8 Å². The molecule has 20 heavy (non-hydrogen) atoms. The van der Waals surface area contributed by atoms with E-state index in [4.69, 9.17) is 19.9 Å². The number of carbonyl (C=O) groups excluding carboxylic acids is 1. The fraction of sp³-hybridized carbons (Fsp3) is 0.500. The van der Waals surface area contributed by atoms with Crippen LogP contribution in [0.1, 0.15) is 31.1 Å². The van der Waals surface area contributed by atoms with Gasteiger partial charge in [-0.15, -0.1) is 0 Å². The minimum absolute atomic E-state index is 0.0192. The third-order valence-electron chi connectivity index (χ3n) is 2.48. The summed E-state index contributed by atoms with van der Waals surface area (Å²) in [6.45, 7) is 6.37. The first kappa shape index (κ1) is 16.2. The van der Waals surface area contributed by atoms with Gasteiger partial charge in [-0.25, -0.2) is 9.18 Å². The largest absolute Gasteiger partial charge is 0.485 e. The van der Waals surface area contributed by atoms with Crippen molar-refractivity contribution in [2.45, 2.75) is 26.9 Å². The lowest BCUT2D eigenvalue weighted by molar-refractivity contribution is 0.0523. The molecule has 0 aliphatic rings. The molecule has 1 unspecified atom stereocenters. The van der Waals surface area contributed by atoms with Crippen molar-refractivity contribution in [1.29, 1.82) is 0 Å². The minimum atomic E-state index is -0.626. The van der Waals surface area contributed by atoms with Crippen molar-refractivity contribution in [3.63, 3.8) is 0 Å². The predicted molar refractivity (Wildman–Crippen MR) is 73.4 cm³/mol. The first-order valence-corrected chi connectivity index (χ1v) is 6.50. The topological polar surface area (TPSA) is 70.8 Å². The maximum atomic E-state index is 13.8. The summed E-state index contributed by atoms with van der Waals surface area (Å²) in [7, 11) is 0. The van der Waals surface area contributed by atoms with Gasteiger partial charge in [0.1, 0.15) is 6.10 Å². The number of nitrogen functional groups attached to an aromatic ring is 1. The second kappa shape index (κ2) is 7.69. The van der Waals surface area contributed by atoms with Gasteiger partial charge < -0.3 is 19.9 Å². The predicted octanol–water partition coefficient (Wildman–Crippen LogP) is 2.39. The summed E-state index contributed by atoms with van der Waals surface area (Å²) in [5.74, 6) is -1.28. The zero-order valence-corrected chi connectivity index (χ0v) is 11.9. The standard InChI is InChI=1S/C14H20FNO4/c1-4-18-8-9(3)20-13-6-10(14(17)19-5-2)12(16)7-11(13)15/h6-7,9H,4-5,8,16H2,1-3H3. The number of esters is 1. The molecular weight excluding hydrogens is 265 g/mol. The van der Waals surface area contributed by atoms with E-state index in [2.05, 4.69) is 0 Å². The number of nitrogens with two attached hydrogens (primary N) is 1. The van der Waals surface area contributed by atoms with Crippen LogP contribution in [0.4, 0.5) is 10.1 Å². The summed E-state index contributed by atoms with van der Waals surface area (Å²) < 4.78 is 29.2. The molecule has 2 N–H and O–H groups in total. The van der Waals surface area contributed by atoms with Crippen molar-refractivity contribution >= 4 is 11.7 Å². The second-order valence-corrected chi connectivity index (χ2v) is 4.18. The van der Waals surface area contributed by atoms with E-state index >= 15 is 0 Å². The Hall–Kier alpha value is -1.82. The number of hydrogen-bond donors (Lipinski definition) is 1. The second-order valence-electron chi connectivity index (χ2n) is 4.18. The van der Waals surface area contributed by atoms with Crippen molar-refractivity contribution in [3.8, 4) is 5.75 Å². The first-order valence-electron chi connectivity index (χ1n) is 6.50. The van der Waals surface area contributed by atoms with Crippen LogP contribution in [0.3, 0.4) is 0 Å². The monoisotopic (exact) mass is 285 g/mol. The summed E-state index contributed by atoms with van der Waals surface area (Å²) in [5.41, 5.74) is 5.72. The van der Waals surface area contributed by atoms with Gasteiger partial charge in [-0.2, -0.15) is 0 Å². The van der Waals surface area contributed by atoms with Crippen LogP contribution in [-0.4, -0.2) is 31.9 Å². The molecule has 0 saturated carbocycles. The normalized spacial score (nSPS) is 12.0. The van der Waals surface area contributed by atoms with Gasteiger partial charge in [0.15, 0.2) is 11.6 Å². The molecule has 0 aliphatic carbocycles. The van der Waals surface area contributed by atoms with Crippen molar-refractivity contribution in [3.05, 3.63) is 23.5 Å². The summed E-state index contributed by atoms with van der Waals surface area (Å²) in [4.78, 5) is 11.7. The molecule has 6 heteroatoms. The SMILES string of the molecule is CCOCC(C)Oc1cc(C(=O)OCC)c(N)cc1F. The number of ether oxygens (including phenoxy) is 3. The zero-order valence-electron chi connectivity index (χ0n) is 11.9. The third-order valence-corrected chi connectivity index (χ3v) is 2.48. The number of anilines is 1. The Morgan fingerprint density at radius 1 is 1.35 bits per heavy atom. The van der Waals surface area contributed by atoms with E-state index in [0.717, 1.165) is 6.07 Å². The van der Waals surface area contributed by atoms with Crippen LogP contribution in [0, 0.1) is 5.82 Å². The van der Waals surface area contributed by atoms with Crippen LogP contribution >= 0.6 is 0 Å². The molecule has 1 aromatic carbocycles. The van der Waals surface area contributed by atoms with Gasteiger partial charge in [-0.1, -0.05) is 0 Å². The van der Waals surface area contributed by atoms with Crippen LogP contribution in [-0.2, 0) is 9.47 Å².